The first-order valence-corrected chi connectivity index (χ1v) is 12.9. The Balaban J connectivity index is 1.99. The molecular weight excluding hydrogens is 478 g/mol. The molecule has 0 radical (unpaired) electrons. The molecule has 0 unspecified atom stereocenters. The summed E-state index contributed by atoms with van der Waals surface area (Å²) in [5, 5.41) is 0.363. The Morgan fingerprint density at radius 1 is 0.917 bits per heavy atom. The number of amides is 1. The Labute approximate surface area is 210 Å². The number of carbonyl (C=O) groups excluding carboxylic acids is 2. The van der Waals surface area contributed by atoms with E-state index in [1.165, 1.54) is 12.1 Å². The molecule has 0 aliphatic heterocycles. The lowest BCUT2D eigenvalue weighted by molar-refractivity contribution is 0.0526. The minimum absolute atomic E-state index is 0.0615. The van der Waals surface area contributed by atoms with Gasteiger partial charge in [-0.1, -0.05) is 35.9 Å². The third kappa shape index (κ3) is 4.40. The standard InChI is InChI=1S/C28H27NO6S/c1-6-34-28(31)25-20(5)35-24-13-12-22(16-23(24)25)29(27(30)21-10-8-7-9-11-21)36(32,33)26-18(3)14-17(2)15-19(26)4/h7-16H,6H2,1-5H3. The molecule has 3 aromatic carbocycles. The number of fused-ring (bicyclic) bond motifs is 1. The smallest absolute Gasteiger partial charge is 0.342 e. The highest BCUT2D eigenvalue weighted by molar-refractivity contribution is 7.93. The number of rotatable bonds is 6. The summed E-state index contributed by atoms with van der Waals surface area (Å²) in [6.07, 6.45) is 0. The number of carbonyl (C=O) groups is 2. The molecule has 0 bridgehead atoms. The summed E-state index contributed by atoms with van der Waals surface area (Å²) in [5.41, 5.74) is 2.85. The maximum absolute atomic E-state index is 14.2. The average Bonchev–Trinajstić information content (AvgIpc) is 3.14. The highest BCUT2D eigenvalue weighted by Crippen LogP contribution is 2.35. The lowest BCUT2D eigenvalue weighted by Crippen LogP contribution is -2.37. The van der Waals surface area contributed by atoms with Crippen LogP contribution in [0, 0.1) is 27.7 Å². The van der Waals surface area contributed by atoms with Crippen LogP contribution in [0.5, 0.6) is 0 Å². The molecule has 0 aliphatic rings. The Morgan fingerprint density at radius 2 is 1.56 bits per heavy atom. The van der Waals surface area contributed by atoms with Crippen molar-refractivity contribution in [3.05, 3.63) is 94.2 Å². The molecule has 4 rings (SSSR count). The van der Waals surface area contributed by atoms with Crippen LogP contribution in [0.25, 0.3) is 11.0 Å². The van der Waals surface area contributed by atoms with Crippen molar-refractivity contribution in [1.82, 2.24) is 0 Å². The number of esters is 1. The first-order chi connectivity index (χ1) is 17.1. The molecule has 1 heterocycles. The molecular formula is C28H27NO6S. The molecule has 36 heavy (non-hydrogen) atoms. The van der Waals surface area contributed by atoms with Crippen molar-refractivity contribution in [2.45, 2.75) is 39.5 Å². The van der Waals surface area contributed by atoms with Crippen LogP contribution in [0.2, 0.25) is 0 Å². The Morgan fingerprint density at radius 3 is 2.17 bits per heavy atom. The lowest BCUT2D eigenvalue weighted by atomic mass is 10.1. The predicted molar refractivity (Wildman–Crippen MR) is 138 cm³/mol. The van der Waals surface area contributed by atoms with Gasteiger partial charge in [-0.2, -0.15) is 4.31 Å². The van der Waals surface area contributed by atoms with Crippen molar-refractivity contribution < 1.29 is 27.2 Å². The minimum atomic E-state index is -4.35. The topological polar surface area (TPSA) is 93.9 Å². The number of sulfonamides is 1. The average molecular weight is 506 g/mol. The highest BCUT2D eigenvalue weighted by atomic mass is 32.2. The Bertz CT molecular complexity index is 1560. The maximum Gasteiger partial charge on any atom is 0.342 e. The summed E-state index contributed by atoms with van der Waals surface area (Å²) in [7, 11) is -4.35. The van der Waals surface area contributed by atoms with E-state index in [-0.39, 0.29) is 28.3 Å². The molecule has 0 saturated heterocycles. The Hall–Kier alpha value is -3.91. The molecule has 0 aliphatic carbocycles. The number of hydrogen-bond donors (Lipinski definition) is 0. The molecule has 0 fully saturated rings. The summed E-state index contributed by atoms with van der Waals surface area (Å²) in [6.45, 7) is 8.80. The van der Waals surface area contributed by atoms with Crippen LogP contribution in [0.4, 0.5) is 5.69 Å². The molecule has 0 spiro atoms. The highest BCUT2D eigenvalue weighted by Gasteiger charge is 2.35. The zero-order valence-electron chi connectivity index (χ0n) is 20.8. The lowest BCUT2D eigenvalue weighted by Gasteiger charge is -2.25. The molecule has 0 atom stereocenters. The van der Waals surface area contributed by atoms with E-state index in [2.05, 4.69) is 0 Å². The largest absolute Gasteiger partial charge is 0.462 e. The maximum atomic E-state index is 14.2. The fraction of sp³-hybridized carbons (Fsp3) is 0.214. The van der Waals surface area contributed by atoms with E-state index < -0.39 is 21.9 Å². The van der Waals surface area contributed by atoms with Crippen LogP contribution in [0.3, 0.4) is 0 Å². The molecule has 1 aromatic heterocycles. The van der Waals surface area contributed by atoms with E-state index in [0.29, 0.717) is 27.9 Å². The van der Waals surface area contributed by atoms with Crippen molar-refractivity contribution in [3.63, 3.8) is 0 Å². The number of hydrogen-bond acceptors (Lipinski definition) is 6. The van der Waals surface area contributed by atoms with Crippen molar-refractivity contribution in [2.75, 3.05) is 10.9 Å². The van der Waals surface area contributed by atoms with Crippen LogP contribution in [-0.4, -0.2) is 26.9 Å². The van der Waals surface area contributed by atoms with Gasteiger partial charge in [-0.25, -0.2) is 13.2 Å². The van der Waals surface area contributed by atoms with Gasteiger partial charge in [0.15, 0.2) is 0 Å². The van der Waals surface area contributed by atoms with Gasteiger partial charge in [0.05, 0.1) is 17.2 Å². The number of aryl methyl sites for hydroxylation is 4. The predicted octanol–water partition coefficient (Wildman–Crippen LogP) is 5.88. The van der Waals surface area contributed by atoms with Gasteiger partial charge in [0.2, 0.25) is 0 Å². The fourth-order valence-corrected chi connectivity index (χ4v) is 6.35. The molecule has 186 valence electrons. The van der Waals surface area contributed by atoms with Crippen LogP contribution in [0.15, 0.2) is 70.0 Å². The molecule has 8 heteroatoms. The number of ether oxygens (including phenoxy) is 1. The van der Waals surface area contributed by atoms with E-state index in [4.69, 9.17) is 9.15 Å². The molecule has 0 saturated carbocycles. The monoisotopic (exact) mass is 505 g/mol. The van der Waals surface area contributed by atoms with Gasteiger partial charge in [0.25, 0.3) is 15.9 Å². The minimum Gasteiger partial charge on any atom is -0.462 e. The summed E-state index contributed by atoms with van der Waals surface area (Å²) >= 11 is 0. The van der Waals surface area contributed by atoms with E-state index in [0.717, 1.165) is 9.87 Å². The van der Waals surface area contributed by atoms with Crippen LogP contribution in [-0.2, 0) is 14.8 Å². The Kier molecular flexibility index (Phi) is 6.73. The van der Waals surface area contributed by atoms with Gasteiger partial charge in [-0.3, -0.25) is 4.79 Å². The van der Waals surface area contributed by atoms with Crippen molar-refractivity contribution >= 4 is 38.6 Å². The molecule has 1 amide bonds. The number of anilines is 1. The van der Waals surface area contributed by atoms with Crippen molar-refractivity contribution in [3.8, 4) is 0 Å². The second kappa shape index (κ2) is 9.62. The van der Waals surface area contributed by atoms with E-state index in [1.807, 2.05) is 6.92 Å². The van der Waals surface area contributed by atoms with Gasteiger partial charge >= 0.3 is 5.97 Å². The quantitative estimate of drug-likeness (QED) is 0.304. The van der Waals surface area contributed by atoms with E-state index in [1.54, 1.807) is 76.2 Å². The summed E-state index contributed by atoms with van der Waals surface area (Å²) in [6, 6.07) is 16.3. The third-order valence-corrected chi connectivity index (χ3v) is 7.89. The zero-order valence-corrected chi connectivity index (χ0v) is 21.6. The van der Waals surface area contributed by atoms with Crippen LogP contribution < -0.4 is 4.31 Å². The fourth-order valence-electron chi connectivity index (χ4n) is 4.52. The summed E-state index contributed by atoms with van der Waals surface area (Å²) < 4.78 is 40.0. The summed E-state index contributed by atoms with van der Waals surface area (Å²) in [5.74, 6) is -0.957. The van der Waals surface area contributed by atoms with E-state index >= 15 is 0 Å². The number of nitrogens with zero attached hydrogens (tertiary/aromatic N) is 1. The van der Waals surface area contributed by atoms with Gasteiger partial charge in [0.1, 0.15) is 16.9 Å². The van der Waals surface area contributed by atoms with E-state index in [9.17, 15) is 18.0 Å². The third-order valence-electron chi connectivity index (χ3n) is 5.87. The molecule has 0 N–H and O–H groups in total. The van der Waals surface area contributed by atoms with Crippen molar-refractivity contribution in [1.29, 1.82) is 0 Å². The van der Waals surface area contributed by atoms with Gasteiger partial charge in [-0.05, 0) is 76.1 Å². The normalized spacial score (nSPS) is 11.5. The SMILES string of the molecule is CCOC(=O)c1c(C)oc2ccc(N(C(=O)c3ccccc3)S(=O)(=O)c3c(C)cc(C)cc3C)cc12. The van der Waals surface area contributed by atoms with Crippen LogP contribution >= 0.6 is 0 Å². The van der Waals surface area contributed by atoms with Gasteiger partial charge in [0, 0.05) is 10.9 Å². The van der Waals surface area contributed by atoms with Gasteiger partial charge < -0.3 is 9.15 Å². The first kappa shape index (κ1) is 25.2. The zero-order chi connectivity index (χ0) is 26.2. The number of furan rings is 1. The summed E-state index contributed by atoms with van der Waals surface area (Å²) in [4.78, 5) is 26.4. The second-order valence-electron chi connectivity index (χ2n) is 8.60. The molecule has 7 nitrogen and oxygen atoms in total. The number of benzene rings is 3. The molecule has 4 aromatic rings. The van der Waals surface area contributed by atoms with Crippen LogP contribution in [0.1, 0.15) is 50.1 Å². The van der Waals surface area contributed by atoms with Crippen molar-refractivity contribution in [2.24, 2.45) is 0 Å². The first-order valence-electron chi connectivity index (χ1n) is 11.5. The van der Waals surface area contributed by atoms with Gasteiger partial charge in [-0.15, -0.1) is 0 Å². The second-order valence-corrected chi connectivity index (χ2v) is 10.3.